The van der Waals surface area contributed by atoms with Crippen molar-refractivity contribution in [1.82, 2.24) is 4.90 Å². The molecule has 2 aromatic rings. The lowest BCUT2D eigenvalue weighted by molar-refractivity contribution is -0.129. The molecule has 2 N–H and O–H groups in total. The Labute approximate surface area is 158 Å². The van der Waals surface area contributed by atoms with E-state index >= 15 is 0 Å². The minimum Gasteiger partial charge on any atom is -0.335 e. The number of benzene rings is 2. The van der Waals surface area contributed by atoms with E-state index in [0.717, 1.165) is 5.56 Å². The summed E-state index contributed by atoms with van der Waals surface area (Å²) < 4.78 is 0. The largest absolute Gasteiger partial charge is 0.335 e. The Morgan fingerprint density at radius 3 is 2.19 bits per heavy atom. The standard InChI is InChI=1S/C21H23N3O3/c1-14(16-6-4-3-5-7-16)24-13-17(12-20(24)26)21(27)23-19-10-8-18(9-11-19)22-15(2)25/h3-11,14,17H,12-13H2,1-2H3,(H,22,25)(H,23,27)/t14-,17+/m0/s1. The monoisotopic (exact) mass is 365 g/mol. The molecule has 1 heterocycles. The van der Waals surface area contributed by atoms with Gasteiger partial charge in [0.1, 0.15) is 0 Å². The van der Waals surface area contributed by atoms with Crippen LogP contribution in [-0.4, -0.2) is 29.2 Å². The summed E-state index contributed by atoms with van der Waals surface area (Å²) >= 11 is 0. The van der Waals surface area contributed by atoms with Gasteiger partial charge in [0, 0.05) is 31.3 Å². The maximum atomic E-state index is 12.6. The fourth-order valence-corrected chi connectivity index (χ4v) is 3.28. The van der Waals surface area contributed by atoms with E-state index in [1.165, 1.54) is 6.92 Å². The molecule has 2 aromatic carbocycles. The molecule has 0 aromatic heterocycles. The Morgan fingerprint density at radius 2 is 1.59 bits per heavy atom. The van der Waals surface area contributed by atoms with Crippen molar-refractivity contribution in [3.8, 4) is 0 Å². The molecule has 0 saturated carbocycles. The van der Waals surface area contributed by atoms with Crippen molar-refractivity contribution in [1.29, 1.82) is 0 Å². The fraction of sp³-hybridized carbons (Fsp3) is 0.286. The van der Waals surface area contributed by atoms with E-state index in [2.05, 4.69) is 10.6 Å². The number of anilines is 2. The van der Waals surface area contributed by atoms with Crippen molar-refractivity contribution < 1.29 is 14.4 Å². The number of hydrogen-bond acceptors (Lipinski definition) is 3. The second-order valence-corrected chi connectivity index (χ2v) is 6.78. The van der Waals surface area contributed by atoms with Crippen LogP contribution in [0.5, 0.6) is 0 Å². The predicted octanol–water partition coefficient (Wildman–Crippen LogP) is 3.19. The molecule has 3 amide bonds. The van der Waals surface area contributed by atoms with E-state index in [-0.39, 0.29) is 36.1 Å². The van der Waals surface area contributed by atoms with Crippen LogP contribution in [-0.2, 0) is 14.4 Å². The molecule has 0 bridgehead atoms. The SMILES string of the molecule is CC(=O)Nc1ccc(NC(=O)[C@@H]2CC(=O)N([C@@H](C)c3ccccc3)C2)cc1. The molecule has 0 unspecified atom stereocenters. The van der Waals surface area contributed by atoms with Crippen LogP contribution in [0.1, 0.15) is 31.9 Å². The maximum absolute atomic E-state index is 12.6. The number of nitrogens with one attached hydrogen (secondary N) is 2. The van der Waals surface area contributed by atoms with Crippen LogP contribution in [0.4, 0.5) is 11.4 Å². The van der Waals surface area contributed by atoms with Crippen LogP contribution in [0.3, 0.4) is 0 Å². The van der Waals surface area contributed by atoms with Gasteiger partial charge in [-0.3, -0.25) is 14.4 Å². The molecule has 0 radical (unpaired) electrons. The minimum atomic E-state index is -0.376. The van der Waals surface area contributed by atoms with Gasteiger partial charge in [-0.05, 0) is 36.8 Å². The molecule has 1 saturated heterocycles. The van der Waals surface area contributed by atoms with Crippen LogP contribution >= 0.6 is 0 Å². The normalized spacial score (nSPS) is 17.5. The van der Waals surface area contributed by atoms with E-state index in [1.807, 2.05) is 37.3 Å². The predicted molar refractivity (Wildman–Crippen MR) is 104 cm³/mol. The van der Waals surface area contributed by atoms with Gasteiger partial charge in [0.05, 0.1) is 12.0 Å². The summed E-state index contributed by atoms with van der Waals surface area (Å²) in [5.41, 5.74) is 2.36. The van der Waals surface area contributed by atoms with E-state index in [1.54, 1.807) is 29.2 Å². The number of rotatable bonds is 5. The lowest BCUT2D eigenvalue weighted by atomic mass is 10.1. The molecule has 1 fully saturated rings. The van der Waals surface area contributed by atoms with E-state index < -0.39 is 0 Å². The molecule has 0 aliphatic carbocycles. The summed E-state index contributed by atoms with van der Waals surface area (Å²) in [6.45, 7) is 3.83. The van der Waals surface area contributed by atoms with Gasteiger partial charge in [0.25, 0.3) is 0 Å². The lowest BCUT2D eigenvalue weighted by Crippen LogP contribution is -2.30. The molecule has 140 valence electrons. The third-order valence-corrected chi connectivity index (χ3v) is 4.75. The van der Waals surface area contributed by atoms with Crippen molar-refractivity contribution in [3.05, 3.63) is 60.2 Å². The summed E-state index contributed by atoms with van der Waals surface area (Å²) in [6.07, 6.45) is 0.215. The molecule has 2 atom stereocenters. The van der Waals surface area contributed by atoms with Gasteiger partial charge in [0.2, 0.25) is 17.7 Å². The summed E-state index contributed by atoms with van der Waals surface area (Å²) in [7, 11) is 0. The molecule has 3 rings (SSSR count). The molecule has 6 nitrogen and oxygen atoms in total. The lowest BCUT2D eigenvalue weighted by Gasteiger charge is -2.25. The second kappa shape index (κ2) is 8.03. The Morgan fingerprint density at radius 1 is 1.00 bits per heavy atom. The van der Waals surface area contributed by atoms with Crippen LogP contribution in [0.25, 0.3) is 0 Å². The number of carbonyl (C=O) groups is 3. The van der Waals surface area contributed by atoms with Gasteiger partial charge in [-0.2, -0.15) is 0 Å². The maximum Gasteiger partial charge on any atom is 0.229 e. The summed E-state index contributed by atoms with van der Waals surface area (Å²) in [5, 5.41) is 5.53. The zero-order valence-electron chi connectivity index (χ0n) is 15.4. The zero-order chi connectivity index (χ0) is 19.4. The van der Waals surface area contributed by atoms with Crippen molar-refractivity contribution in [2.75, 3.05) is 17.2 Å². The Kier molecular flexibility index (Phi) is 5.54. The molecule has 6 heteroatoms. The Hall–Kier alpha value is -3.15. The number of likely N-dealkylation sites (tertiary alicyclic amines) is 1. The summed E-state index contributed by atoms with van der Waals surface area (Å²) in [5.74, 6) is -0.700. The molecule has 1 aliphatic heterocycles. The van der Waals surface area contributed by atoms with Gasteiger partial charge in [-0.1, -0.05) is 30.3 Å². The Balaban J connectivity index is 1.61. The highest BCUT2D eigenvalue weighted by Crippen LogP contribution is 2.29. The first kappa shape index (κ1) is 18.6. The number of amides is 3. The van der Waals surface area contributed by atoms with Gasteiger partial charge in [-0.25, -0.2) is 0 Å². The number of carbonyl (C=O) groups excluding carboxylic acids is 3. The van der Waals surface area contributed by atoms with Crippen LogP contribution in [0, 0.1) is 5.92 Å². The first-order valence-corrected chi connectivity index (χ1v) is 8.97. The highest BCUT2D eigenvalue weighted by molar-refractivity contribution is 5.97. The van der Waals surface area contributed by atoms with Gasteiger partial charge in [0.15, 0.2) is 0 Å². The van der Waals surface area contributed by atoms with Gasteiger partial charge < -0.3 is 15.5 Å². The van der Waals surface area contributed by atoms with E-state index in [4.69, 9.17) is 0 Å². The van der Waals surface area contributed by atoms with Crippen LogP contribution in [0.2, 0.25) is 0 Å². The van der Waals surface area contributed by atoms with Gasteiger partial charge >= 0.3 is 0 Å². The smallest absolute Gasteiger partial charge is 0.229 e. The van der Waals surface area contributed by atoms with E-state index in [0.29, 0.717) is 17.9 Å². The molecular formula is C21H23N3O3. The molecule has 27 heavy (non-hydrogen) atoms. The fourth-order valence-electron chi connectivity index (χ4n) is 3.28. The van der Waals surface area contributed by atoms with E-state index in [9.17, 15) is 14.4 Å². The van der Waals surface area contributed by atoms with Crippen molar-refractivity contribution in [2.45, 2.75) is 26.3 Å². The zero-order valence-corrected chi connectivity index (χ0v) is 15.4. The first-order valence-electron chi connectivity index (χ1n) is 8.97. The van der Waals surface area contributed by atoms with Crippen molar-refractivity contribution in [3.63, 3.8) is 0 Å². The average molecular weight is 365 g/mol. The number of nitrogens with zero attached hydrogens (tertiary/aromatic N) is 1. The van der Waals surface area contributed by atoms with Gasteiger partial charge in [-0.15, -0.1) is 0 Å². The highest BCUT2D eigenvalue weighted by atomic mass is 16.2. The average Bonchev–Trinajstić information content (AvgIpc) is 3.05. The molecular weight excluding hydrogens is 342 g/mol. The summed E-state index contributed by atoms with van der Waals surface area (Å²) in [6, 6.07) is 16.6. The highest BCUT2D eigenvalue weighted by Gasteiger charge is 2.36. The quantitative estimate of drug-likeness (QED) is 0.854. The molecule has 1 aliphatic rings. The van der Waals surface area contributed by atoms with Crippen molar-refractivity contribution >= 4 is 29.1 Å². The molecule has 0 spiro atoms. The van der Waals surface area contributed by atoms with Crippen molar-refractivity contribution in [2.24, 2.45) is 5.92 Å². The van der Waals surface area contributed by atoms with Crippen LogP contribution < -0.4 is 10.6 Å². The Bertz CT molecular complexity index is 834. The van der Waals surface area contributed by atoms with Crippen LogP contribution in [0.15, 0.2) is 54.6 Å². The number of hydrogen-bond donors (Lipinski definition) is 2. The third kappa shape index (κ3) is 4.53. The summed E-state index contributed by atoms with van der Waals surface area (Å²) in [4.78, 5) is 37.8. The minimum absolute atomic E-state index is 0.00694. The first-order chi connectivity index (χ1) is 12.9. The second-order valence-electron chi connectivity index (χ2n) is 6.78. The third-order valence-electron chi connectivity index (χ3n) is 4.75. The topological polar surface area (TPSA) is 78.5 Å².